The van der Waals surface area contributed by atoms with E-state index in [1.807, 2.05) is 18.8 Å². The average Bonchev–Trinajstić information content (AvgIpc) is 2.42. The fourth-order valence-electron chi connectivity index (χ4n) is 2.70. The summed E-state index contributed by atoms with van der Waals surface area (Å²) in [6, 6.07) is 15.1. The van der Waals surface area contributed by atoms with Gasteiger partial charge in [0.2, 0.25) is 0 Å². The van der Waals surface area contributed by atoms with Crippen LogP contribution in [0.1, 0.15) is 20.8 Å². The van der Waals surface area contributed by atoms with Crippen molar-refractivity contribution >= 4 is 28.8 Å². The molecule has 0 radical (unpaired) electrons. The molecule has 0 saturated carbocycles. The highest BCUT2D eigenvalue weighted by Crippen LogP contribution is 2.53. The summed E-state index contributed by atoms with van der Waals surface area (Å²) in [5.41, 5.74) is 3.78. The smallest absolute Gasteiger partial charge is 0.0793 e. The van der Waals surface area contributed by atoms with Gasteiger partial charge in [-0.1, -0.05) is 30.0 Å². The maximum absolute atomic E-state index is 3.33. The highest BCUT2D eigenvalue weighted by molar-refractivity contribution is 7.99. The molecule has 1 heterocycles. The molecule has 2 aromatic rings. The van der Waals surface area contributed by atoms with E-state index in [1.54, 1.807) is 0 Å². The molecule has 0 saturated heterocycles. The Kier molecular flexibility index (Phi) is 3.17. The summed E-state index contributed by atoms with van der Waals surface area (Å²) in [4.78, 5) is 5.08. The molecule has 2 aromatic carbocycles. The first kappa shape index (κ1) is 13.4. The number of hydrogen-bond donors (Lipinski definition) is 1. The van der Waals surface area contributed by atoms with Gasteiger partial charge in [-0.15, -0.1) is 0 Å². The van der Waals surface area contributed by atoms with E-state index in [-0.39, 0.29) is 5.54 Å². The molecular weight excluding hydrogens is 264 g/mol. The van der Waals surface area contributed by atoms with Crippen molar-refractivity contribution in [3.8, 4) is 0 Å². The SMILES string of the molecule is CNc1cccc2c1N(C(C)(C)C)c1ccccc1S2. The molecule has 3 heteroatoms. The van der Waals surface area contributed by atoms with Crippen LogP contribution in [0.25, 0.3) is 0 Å². The summed E-state index contributed by atoms with van der Waals surface area (Å²) >= 11 is 1.85. The minimum atomic E-state index is 0.0266. The molecule has 0 fully saturated rings. The van der Waals surface area contributed by atoms with E-state index in [0.29, 0.717) is 0 Å². The molecule has 20 heavy (non-hydrogen) atoms. The molecule has 1 aliphatic heterocycles. The normalized spacial score (nSPS) is 13.7. The fourth-order valence-corrected chi connectivity index (χ4v) is 3.79. The topological polar surface area (TPSA) is 15.3 Å². The Morgan fingerprint density at radius 3 is 2.35 bits per heavy atom. The molecule has 104 valence electrons. The quantitative estimate of drug-likeness (QED) is 0.781. The van der Waals surface area contributed by atoms with E-state index in [2.05, 4.69) is 73.5 Å². The van der Waals surface area contributed by atoms with Gasteiger partial charge in [0.15, 0.2) is 0 Å². The van der Waals surface area contributed by atoms with Crippen molar-refractivity contribution in [2.24, 2.45) is 0 Å². The Morgan fingerprint density at radius 1 is 0.950 bits per heavy atom. The van der Waals surface area contributed by atoms with Gasteiger partial charge < -0.3 is 10.2 Å². The van der Waals surface area contributed by atoms with Crippen molar-refractivity contribution in [1.82, 2.24) is 0 Å². The maximum atomic E-state index is 3.33. The van der Waals surface area contributed by atoms with E-state index in [9.17, 15) is 0 Å². The third kappa shape index (κ3) is 2.06. The summed E-state index contributed by atoms with van der Waals surface area (Å²) in [5.74, 6) is 0. The van der Waals surface area contributed by atoms with Crippen molar-refractivity contribution < 1.29 is 0 Å². The van der Waals surface area contributed by atoms with Gasteiger partial charge in [-0.2, -0.15) is 0 Å². The summed E-state index contributed by atoms with van der Waals surface area (Å²) in [7, 11) is 1.99. The van der Waals surface area contributed by atoms with Gasteiger partial charge >= 0.3 is 0 Å². The minimum Gasteiger partial charge on any atom is -0.386 e. The predicted octanol–water partition coefficient (Wildman–Crippen LogP) is 5.13. The second-order valence-electron chi connectivity index (χ2n) is 5.98. The van der Waals surface area contributed by atoms with Crippen molar-refractivity contribution in [3.05, 3.63) is 42.5 Å². The zero-order chi connectivity index (χ0) is 14.3. The minimum absolute atomic E-state index is 0.0266. The van der Waals surface area contributed by atoms with Gasteiger partial charge in [-0.25, -0.2) is 0 Å². The van der Waals surface area contributed by atoms with Crippen molar-refractivity contribution in [2.45, 2.75) is 36.1 Å². The number of para-hydroxylation sites is 2. The van der Waals surface area contributed by atoms with E-state index >= 15 is 0 Å². The van der Waals surface area contributed by atoms with Crippen LogP contribution in [0.5, 0.6) is 0 Å². The Hall–Kier alpha value is -1.61. The van der Waals surface area contributed by atoms with Gasteiger partial charge in [0.1, 0.15) is 0 Å². The lowest BCUT2D eigenvalue weighted by Gasteiger charge is -2.43. The first-order valence-electron chi connectivity index (χ1n) is 6.90. The molecule has 0 unspecified atom stereocenters. The zero-order valence-electron chi connectivity index (χ0n) is 12.4. The molecule has 0 atom stereocenters. The van der Waals surface area contributed by atoms with Gasteiger partial charge in [0, 0.05) is 22.4 Å². The highest BCUT2D eigenvalue weighted by Gasteiger charge is 2.32. The Balaban J connectivity index is 2.28. The average molecular weight is 284 g/mol. The first-order chi connectivity index (χ1) is 9.52. The predicted molar refractivity (Wildman–Crippen MR) is 88.4 cm³/mol. The van der Waals surface area contributed by atoms with Crippen LogP contribution in [-0.2, 0) is 0 Å². The van der Waals surface area contributed by atoms with E-state index in [4.69, 9.17) is 0 Å². The lowest BCUT2D eigenvalue weighted by atomic mass is 10.0. The van der Waals surface area contributed by atoms with E-state index in [1.165, 1.54) is 26.9 Å². The van der Waals surface area contributed by atoms with Crippen LogP contribution < -0.4 is 10.2 Å². The van der Waals surface area contributed by atoms with Crippen LogP contribution >= 0.6 is 11.8 Å². The number of benzene rings is 2. The number of rotatable bonds is 1. The number of nitrogens with zero attached hydrogens (tertiary/aromatic N) is 1. The third-order valence-corrected chi connectivity index (χ3v) is 4.60. The van der Waals surface area contributed by atoms with Crippen LogP contribution in [0.2, 0.25) is 0 Å². The Morgan fingerprint density at radius 2 is 1.65 bits per heavy atom. The molecule has 0 aromatic heterocycles. The number of nitrogens with one attached hydrogen (secondary N) is 1. The molecule has 0 aliphatic carbocycles. The molecule has 0 amide bonds. The zero-order valence-corrected chi connectivity index (χ0v) is 13.2. The second kappa shape index (κ2) is 4.74. The monoisotopic (exact) mass is 284 g/mol. The van der Waals surface area contributed by atoms with Crippen LogP contribution in [0.15, 0.2) is 52.3 Å². The van der Waals surface area contributed by atoms with Crippen LogP contribution in [0, 0.1) is 0 Å². The molecule has 2 nitrogen and oxygen atoms in total. The highest BCUT2D eigenvalue weighted by atomic mass is 32.2. The molecule has 1 aliphatic rings. The molecular formula is C17H20N2S. The van der Waals surface area contributed by atoms with Gasteiger partial charge in [0.05, 0.1) is 17.1 Å². The summed E-state index contributed by atoms with van der Waals surface area (Å²) < 4.78 is 0. The summed E-state index contributed by atoms with van der Waals surface area (Å²) in [6.07, 6.45) is 0. The van der Waals surface area contributed by atoms with Gasteiger partial charge in [-0.3, -0.25) is 0 Å². The Bertz CT molecular complexity index is 644. The van der Waals surface area contributed by atoms with Crippen molar-refractivity contribution in [2.75, 3.05) is 17.3 Å². The molecule has 1 N–H and O–H groups in total. The van der Waals surface area contributed by atoms with Crippen LogP contribution in [-0.4, -0.2) is 12.6 Å². The summed E-state index contributed by atoms with van der Waals surface area (Å²) in [5, 5.41) is 3.33. The Labute approximate surface area is 125 Å². The van der Waals surface area contributed by atoms with Crippen LogP contribution in [0.4, 0.5) is 17.1 Å². The second-order valence-corrected chi connectivity index (χ2v) is 7.06. The van der Waals surface area contributed by atoms with Gasteiger partial charge in [0.25, 0.3) is 0 Å². The fraction of sp³-hybridized carbons (Fsp3) is 0.294. The first-order valence-corrected chi connectivity index (χ1v) is 7.72. The molecule has 3 rings (SSSR count). The van der Waals surface area contributed by atoms with Crippen molar-refractivity contribution in [3.63, 3.8) is 0 Å². The number of anilines is 3. The number of hydrogen-bond acceptors (Lipinski definition) is 3. The maximum Gasteiger partial charge on any atom is 0.0793 e. The molecule has 0 bridgehead atoms. The van der Waals surface area contributed by atoms with E-state index < -0.39 is 0 Å². The third-order valence-electron chi connectivity index (χ3n) is 3.49. The standard InChI is InChI=1S/C17H20N2S/c1-17(2,3)19-13-9-5-6-10-14(13)20-15-11-7-8-12(18-4)16(15)19/h5-11,18H,1-4H3. The van der Waals surface area contributed by atoms with E-state index in [0.717, 1.165) is 0 Å². The lowest BCUT2D eigenvalue weighted by molar-refractivity contribution is 0.554. The van der Waals surface area contributed by atoms with Crippen LogP contribution in [0.3, 0.4) is 0 Å². The number of fused-ring (bicyclic) bond motifs is 2. The molecule has 0 spiro atoms. The van der Waals surface area contributed by atoms with Crippen molar-refractivity contribution in [1.29, 1.82) is 0 Å². The lowest BCUT2D eigenvalue weighted by Crippen LogP contribution is -2.39. The van der Waals surface area contributed by atoms with Gasteiger partial charge in [-0.05, 0) is 45.0 Å². The largest absolute Gasteiger partial charge is 0.386 e. The summed E-state index contributed by atoms with van der Waals surface area (Å²) in [6.45, 7) is 6.78.